The SMILES string of the molecule is Cc1ccc(Oc2ccnc(Nc3ccccn3)c2)c(Cl)c1. The second-order valence-corrected chi connectivity index (χ2v) is 5.16. The van der Waals surface area contributed by atoms with Gasteiger partial charge in [0.25, 0.3) is 0 Å². The summed E-state index contributed by atoms with van der Waals surface area (Å²) in [5.41, 5.74) is 1.09. The monoisotopic (exact) mass is 311 g/mol. The van der Waals surface area contributed by atoms with Gasteiger partial charge in [0.2, 0.25) is 0 Å². The van der Waals surface area contributed by atoms with Crippen LogP contribution in [0.25, 0.3) is 0 Å². The molecule has 5 heteroatoms. The zero-order valence-electron chi connectivity index (χ0n) is 12.0. The molecule has 0 amide bonds. The minimum atomic E-state index is 0.580. The van der Waals surface area contributed by atoms with Gasteiger partial charge in [-0.3, -0.25) is 0 Å². The van der Waals surface area contributed by atoms with Gasteiger partial charge in [-0.1, -0.05) is 23.7 Å². The second kappa shape index (κ2) is 6.45. The number of ether oxygens (including phenoxy) is 1. The highest BCUT2D eigenvalue weighted by Crippen LogP contribution is 2.30. The standard InChI is InChI=1S/C17H14ClN3O/c1-12-5-6-15(14(18)10-12)22-13-7-9-20-17(11-13)21-16-4-2-3-8-19-16/h2-11H,1H3,(H,19,20,21). The third-order valence-corrected chi connectivity index (χ3v) is 3.26. The van der Waals surface area contributed by atoms with Gasteiger partial charge >= 0.3 is 0 Å². The van der Waals surface area contributed by atoms with Crippen LogP contribution in [-0.4, -0.2) is 9.97 Å². The Kier molecular flexibility index (Phi) is 4.21. The van der Waals surface area contributed by atoms with Crippen molar-refractivity contribution >= 4 is 23.2 Å². The summed E-state index contributed by atoms with van der Waals surface area (Å²) in [6, 6.07) is 14.9. The Bertz CT molecular complexity index is 778. The molecule has 0 saturated carbocycles. The average Bonchev–Trinajstić information content (AvgIpc) is 2.52. The van der Waals surface area contributed by atoms with Crippen LogP contribution in [0.2, 0.25) is 5.02 Å². The molecule has 0 unspecified atom stereocenters. The van der Waals surface area contributed by atoms with Gasteiger partial charge in [0.1, 0.15) is 23.1 Å². The summed E-state index contributed by atoms with van der Waals surface area (Å²) in [5, 5.41) is 3.70. The van der Waals surface area contributed by atoms with Crippen molar-refractivity contribution in [3.8, 4) is 11.5 Å². The number of halogens is 1. The summed E-state index contributed by atoms with van der Waals surface area (Å²) in [4.78, 5) is 8.45. The van der Waals surface area contributed by atoms with Gasteiger partial charge in [-0.25, -0.2) is 9.97 Å². The first-order valence-corrected chi connectivity index (χ1v) is 7.16. The van der Waals surface area contributed by atoms with E-state index in [9.17, 15) is 0 Å². The van der Waals surface area contributed by atoms with E-state index in [1.165, 1.54) is 0 Å². The molecule has 22 heavy (non-hydrogen) atoms. The normalized spacial score (nSPS) is 10.3. The van der Waals surface area contributed by atoms with Crippen LogP contribution in [0.3, 0.4) is 0 Å². The Hall–Kier alpha value is -2.59. The van der Waals surface area contributed by atoms with Crippen molar-refractivity contribution < 1.29 is 4.74 Å². The molecule has 0 aliphatic rings. The first kappa shape index (κ1) is 14.4. The maximum atomic E-state index is 6.18. The molecule has 2 heterocycles. The molecule has 3 aromatic rings. The van der Waals surface area contributed by atoms with Crippen LogP contribution in [0.4, 0.5) is 11.6 Å². The molecule has 2 aromatic heterocycles. The Morgan fingerprint density at radius 2 is 1.82 bits per heavy atom. The van der Waals surface area contributed by atoms with Crippen LogP contribution in [-0.2, 0) is 0 Å². The highest BCUT2D eigenvalue weighted by atomic mass is 35.5. The number of aryl methyl sites for hydroxylation is 1. The maximum absolute atomic E-state index is 6.18. The summed E-state index contributed by atoms with van der Waals surface area (Å²) in [6.45, 7) is 1.98. The van der Waals surface area contributed by atoms with E-state index < -0.39 is 0 Å². The number of pyridine rings is 2. The second-order valence-electron chi connectivity index (χ2n) is 4.75. The van der Waals surface area contributed by atoms with Crippen LogP contribution in [0, 0.1) is 6.92 Å². The average molecular weight is 312 g/mol. The number of nitrogens with zero attached hydrogens (tertiary/aromatic N) is 2. The number of anilines is 2. The zero-order chi connectivity index (χ0) is 15.4. The largest absolute Gasteiger partial charge is 0.456 e. The van der Waals surface area contributed by atoms with Gasteiger partial charge in [-0.05, 0) is 42.8 Å². The number of nitrogens with one attached hydrogen (secondary N) is 1. The zero-order valence-corrected chi connectivity index (χ0v) is 12.7. The number of aromatic nitrogens is 2. The van der Waals surface area contributed by atoms with E-state index in [1.807, 2.05) is 43.3 Å². The Morgan fingerprint density at radius 1 is 0.955 bits per heavy atom. The van der Waals surface area contributed by atoms with Crippen molar-refractivity contribution in [2.24, 2.45) is 0 Å². The minimum absolute atomic E-state index is 0.580. The molecule has 1 aromatic carbocycles. The van der Waals surface area contributed by atoms with E-state index in [1.54, 1.807) is 24.5 Å². The molecule has 0 saturated heterocycles. The Labute approximate surface area is 133 Å². The Balaban J connectivity index is 1.79. The van der Waals surface area contributed by atoms with Crippen LogP contribution < -0.4 is 10.1 Å². The molecule has 1 N–H and O–H groups in total. The van der Waals surface area contributed by atoms with Gasteiger partial charge < -0.3 is 10.1 Å². The van der Waals surface area contributed by atoms with Crippen molar-refractivity contribution in [1.29, 1.82) is 0 Å². The van der Waals surface area contributed by atoms with Crippen molar-refractivity contribution in [2.45, 2.75) is 6.92 Å². The Morgan fingerprint density at radius 3 is 2.59 bits per heavy atom. The molecule has 0 bridgehead atoms. The maximum Gasteiger partial charge on any atom is 0.146 e. The van der Waals surface area contributed by atoms with Crippen LogP contribution in [0.5, 0.6) is 11.5 Å². The summed E-state index contributed by atoms with van der Waals surface area (Å²) in [6.07, 6.45) is 3.39. The first-order valence-electron chi connectivity index (χ1n) is 6.79. The van der Waals surface area contributed by atoms with Gasteiger partial charge in [0.05, 0.1) is 5.02 Å². The molecule has 0 aliphatic carbocycles. The smallest absolute Gasteiger partial charge is 0.146 e. The number of hydrogen-bond acceptors (Lipinski definition) is 4. The van der Waals surface area contributed by atoms with Crippen LogP contribution >= 0.6 is 11.6 Å². The third-order valence-electron chi connectivity index (χ3n) is 2.97. The summed E-state index contributed by atoms with van der Waals surface area (Å²) >= 11 is 6.18. The van der Waals surface area contributed by atoms with Crippen molar-refractivity contribution in [3.05, 3.63) is 71.5 Å². The van der Waals surface area contributed by atoms with E-state index in [-0.39, 0.29) is 0 Å². The van der Waals surface area contributed by atoms with Gasteiger partial charge in [-0.2, -0.15) is 0 Å². The molecular formula is C17H14ClN3O. The molecule has 0 atom stereocenters. The fourth-order valence-electron chi connectivity index (χ4n) is 1.93. The molecule has 0 aliphatic heterocycles. The summed E-state index contributed by atoms with van der Waals surface area (Å²) in [5.74, 6) is 2.64. The van der Waals surface area contributed by atoms with Crippen LogP contribution in [0.1, 0.15) is 5.56 Å². The molecule has 110 valence electrons. The van der Waals surface area contributed by atoms with Crippen LogP contribution in [0.15, 0.2) is 60.9 Å². The van der Waals surface area contributed by atoms with E-state index >= 15 is 0 Å². The summed E-state index contributed by atoms with van der Waals surface area (Å²) < 4.78 is 5.81. The van der Waals surface area contributed by atoms with Crippen molar-refractivity contribution in [1.82, 2.24) is 9.97 Å². The molecule has 0 radical (unpaired) electrons. The van der Waals surface area contributed by atoms with Gasteiger partial charge in [-0.15, -0.1) is 0 Å². The number of rotatable bonds is 4. The number of hydrogen-bond donors (Lipinski definition) is 1. The summed E-state index contributed by atoms with van der Waals surface area (Å²) in [7, 11) is 0. The fourth-order valence-corrected chi connectivity index (χ4v) is 2.20. The van der Waals surface area contributed by atoms with Gasteiger partial charge in [0, 0.05) is 18.5 Å². The van der Waals surface area contributed by atoms with E-state index in [0.717, 1.165) is 11.4 Å². The molecule has 4 nitrogen and oxygen atoms in total. The lowest BCUT2D eigenvalue weighted by atomic mass is 10.2. The highest BCUT2D eigenvalue weighted by Gasteiger charge is 2.05. The third kappa shape index (κ3) is 3.54. The predicted molar refractivity (Wildman–Crippen MR) is 88.0 cm³/mol. The van der Waals surface area contributed by atoms with Gasteiger partial charge in [0.15, 0.2) is 0 Å². The lowest BCUT2D eigenvalue weighted by Crippen LogP contribution is -1.95. The molecule has 3 rings (SSSR count). The van der Waals surface area contributed by atoms with Crippen molar-refractivity contribution in [3.63, 3.8) is 0 Å². The predicted octanol–water partition coefficient (Wildman–Crippen LogP) is 4.97. The quantitative estimate of drug-likeness (QED) is 0.738. The van der Waals surface area contributed by atoms with E-state index in [4.69, 9.17) is 16.3 Å². The minimum Gasteiger partial charge on any atom is -0.456 e. The fraction of sp³-hybridized carbons (Fsp3) is 0.0588. The highest BCUT2D eigenvalue weighted by molar-refractivity contribution is 6.32. The van der Waals surface area contributed by atoms with E-state index in [0.29, 0.717) is 22.3 Å². The number of benzene rings is 1. The molecule has 0 fully saturated rings. The lowest BCUT2D eigenvalue weighted by Gasteiger charge is -2.10. The molecule has 0 spiro atoms. The topological polar surface area (TPSA) is 47.0 Å². The van der Waals surface area contributed by atoms with Crippen molar-refractivity contribution in [2.75, 3.05) is 5.32 Å². The van der Waals surface area contributed by atoms with E-state index in [2.05, 4.69) is 15.3 Å². The lowest BCUT2D eigenvalue weighted by molar-refractivity contribution is 0.482. The molecular weight excluding hydrogens is 298 g/mol. The first-order chi connectivity index (χ1) is 10.7.